The lowest BCUT2D eigenvalue weighted by molar-refractivity contribution is -0.341. The molecule has 0 amide bonds. The molecule has 0 spiro atoms. The molecule has 10 nitrogen and oxygen atoms in total. The summed E-state index contributed by atoms with van der Waals surface area (Å²) in [5.74, 6) is -7.72. The van der Waals surface area contributed by atoms with Crippen LogP contribution in [0.1, 0.15) is 27.7 Å². The summed E-state index contributed by atoms with van der Waals surface area (Å²) in [4.78, 5) is 47.3. The molecule has 0 aromatic carbocycles. The van der Waals surface area contributed by atoms with Crippen LogP contribution in [0.3, 0.4) is 0 Å². The SMILES string of the molecule is CC(=O)C(O)[C@H]1O[C@@](O)(C(C)=O)[C@@H](N)[C@](O)(C(C)=O)[C@@]1(O)C(C)=O. The van der Waals surface area contributed by atoms with Gasteiger partial charge in [-0.25, -0.2) is 0 Å². The monoisotopic (exact) mass is 347 g/mol. The van der Waals surface area contributed by atoms with Gasteiger partial charge in [0.25, 0.3) is 0 Å². The minimum absolute atomic E-state index is 0.761. The maximum Gasteiger partial charge on any atom is 0.245 e. The van der Waals surface area contributed by atoms with Gasteiger partial charge in [-0.3, -0.25) is 19.2 Å². The van der Waals surface area contributed by atoms with Gasteiger partial charge in [-0.2, -0.15) is 0 Å². The van der Waals surface area contributed by atoms with E-state index in [0.29, 0.717) is 0 Å². The van der Waals surface area contributed by atoms with E-state index in [-0.39, 0.29) is 0 Å². The molecule has 1 heterocycles. The summed E-state index contributed by atoms with van der Waals surface area (Å²) in [7, 11) is 0. The largest absolute Gasteiger partial charge is 0.382 e. The van der Waals surface area contributed by atoms with Crippen molar-refractivity contribution in [1.29, 1.82) is 0 Å². The topological polar surface area (TPSA) is 184 Å². The number of Topliss-reactive ketones (excluding diaryl/α,β-unsaturated/α-hetero) is 4. The van der Waals surface area contributed by atoms with Crippen LogP contribution < -0.4 is 5.73 Å². The van der Waals surface area contributed by atoms with Crippen LogP contribution in [0.2, 0.25) is 0 Å². The second-order valence-corrected chi connectivity index (χ2v) is 5.97. The Morgan fingerprint density at radius 1 is 0.917 bits per heavy atom. The van der Waals surface area contributed by atoms with Crippen molar-refractivity contribution in [3.8, 4) is 0 Å². The molecule has 1 unspecified atom stereocenters. The predicted octanol–water partition coefficient (Wildman–Crippen LogP) is -3.42. The van der Waals surface area contributed by atoms with Gasteiger partial charge in [0.1, 0.15) is 18.2 Å². The number of hydrogen-bond acceptors (Lipinski definition) is 10. The number of aliphatic hydroxyl groups excluding tert-OH is 1. The van der Waals surface area contributed by atoms with Gasteiger partial charge in [-0.15, -0.1) is 0 Å². The van der Waals surface area contributed by atoms with Crippen LogP contribution in [-0.2, 0) is 23.9 Å². The molecule has 0 bridgehead atoms. The van der Waals surface area contributed by atoms with E-state index in [1.165, 1.54) is 0 Å². The van der Waals surface area contributed by atoms with E-state index in [0.717, 1.165) is 27.7 Å². The summed E-state index contributed by atoms with van der Waals surface area (Å²) in [6.45, 7) is 3.22. The number of aliphatic hydroxyl groups is 4. The number of ether oxygens (including phenoxy) is 1. The first-order valence-electron chi connectivity index (χ1n) is 7.01. The Labute approximate surface area is 137 Å². The van der Waals surface area contributed by atoms with Gasteiger partial charge in [0.05, 0.1) is 0 Å². The fourth-order valence-electron chi connectivity index (χ4n) is 2.85. The highest BCUT2D eigenvalue weighted by molar-refractivity contribution is 6.01. The highest BCUT2D eigenvalue weighted by Gasteiger charge is 2.75. The Morgan fingerprint density at radius 2 is 1.33 bits per heavy atom. The van der Waals surface area contributed by atoms with Crippen molar-refractivity contribution in [2.75, 3.05) is 0 Å². The Bertz CT molecular complexity index is 587. The predicted molar refractivity (Wildman–Crippen MR) is 76.4 cm³/mol. The van der Waals surface area contributed by atoms with Crippen LogP contribution in [0.5, 0.6) is 0 Å². The van der Waals surface area contributed by atoms with Crippen LogP contribution in [0.4, 0.5) is 0 Å². The summed E-state index contributed by atoms with van der Waals surface area (Å²) in [6, 6.07) is -2.26. The van der Waals surface area contributed by atoms with Gasteiger partial charge >= 0.3 is 0 Å². The van der Waals surface area contributed by atoms with Crippen molar-refractivity contribution >= 4 is 23.1 Å². The smallest absolute Gasteiger partial charge is 0.245 e. The van der Waals surface area contributed by atoms with E-state index in [2.05, 4.69) is 0 Å². The third-order valence-electron chi connectivity index (χ3n) is 4.45. The average Bonchev–Trinajstić information content (AvgIpc) is 2.47. The summed E-state index contributed by atoms with van der Waals surface area (Å²) < 4.78 is 4.92. The molecule has 10 heteroatoms. The van der Waals surface area contributed by atoms with Gasteiger partial charge in [0, 0.05) is 6.92 Å². The second kappa shape index (κ2) is 6.06. The molecular formula is C14H21NO9. The molecule has 1 rings (SSSR count). The van der Waals surface area contributed by atoms with E-state index >= 15 is 0 Å². The lowest BCUT2D eigenvalue weighted by Gasteiger charge is -2.56. The fourth-order valence-corrected chi connectivity index (χ4v) is 2.85. The number of carbonyl (C=O) groups is 4. The Hall–Kier alpha value is -1.56. The van der Waals surface area contributed by atoms with Gasteiger partial charge < -0.3 is 30.9 Å². The second-order valence-electron chi connectivity index (χ2n) is 5.97. The lowest BCUT2D eigenvalue weighted by atomic mass is 9.63. The minimum Gasteiger partial charge on any atom is -0.382 e. The van der Waals surface area contributed by atoms with Crippen molar-refractivity contribution in [2.45, 2.75) is 62.9 Å². The van der Waals surface area contributed by atoms with Gasteiger partial charge in [0.15, 0.2) is 34.3 Å². The number of rotatable bonds is 5. The van der Waals surface area contributed by atoms with Gasteiger partial charge in [0.2, 0.25) is 5.79 Å². The zero-order chi connectivity index (χ0) is 19.2. The van der Waals surface area contributed by atoms with Crippen LogP contribution >= 0.6 is 0 Å². The molecule has 0 saturated carbocycles. The van der Waals surface area contributed by atoms with Gasteiger partial charge in [-0.05, 0) is 20.8 Å². The van der Waals surface area contributed by atoms with Gasteiger partial charge in [-0.1, -0.05) is 0 Å². The molecule has 0 aromatic heterocycles. The first kappa shape index (κ1) is 20.5. The van der Waals surface area contributed by atoms with Crippen molar-refractivity contribution in [3.05, 3.63) is 0 Å². The van der Waals surface area contributed by atoms with Crippen molar-refractivity contribution in [3.63, 3.8) is 0 Å². The maximum absolute atomic E-state index is 12.0. The normalized spacial score (nSPS) is 40.7. The number of hydrogen-bond donors (Lipinski definition) is 5. The third-order valence-corrected chi connectivity index (χ3v) is 4.45. The zero-order valence-electron chi connectivity index (χ0n) is 13.6. The molecule has 1 aliphatic rings. The Kier molecular flexibility index (Phi) is 5.17. The first-order chi connectivity index (χ1) is 10.7. The van der Waals surface area contributed by atoms with Crippen molar-refractivity contribution in [1.82, 2.24) is 0 Å². The van der Waals surface area contributed by atoms with Crippen LogP contribution in [0, 0.1) is 0 Å². The Morgan fingerprint density at radius 3 is 1.62 bits per heavy atom. The third kappa shape index (κ3) is 2.42. The molecule has 6 atom stereocenters. The van der Waals surface area contributed by atoms with E-state index in [1.807, 2.05) is 0 Å². The molecule has 0 radical (unpaired) electrons. The molecule has 1 aliphatic heterocycles. The fraction of sp³-hybridized carbons (Fsp3) is 0.714. The zero-order valence-corrected chi connectivity index (χ0v) is 13.6. The molecule has 6 N–H and O–H groups in total. The maximum atomic E-state index is 12.0. The average molecular weight is 347 g/mol. The number of ketones is 4. The summed E-state index contributed by atoms with van der Waals surface area (Å²) in [5, 5.41) is 41.8. The van der Waals surface area contributed by atoms with Crippen molar-refractivity contribution < 1.29 is 44.3 Å². The summed E-state index contributed by atoms with van der Waals surface area (Å²) in [6.07, 6.45) is -4.54. The molecule has 1 saturated heterocycles. The summed E-state index contributed by atoms with van der Waals surface area (Å²) in [5.41, 5.74) is -0.771. The molecule has 0 aromatic rings. The molecule has 136 valence electrons. The highest BCUT2D eigenvalue weighted by Crippen LogP contribution is 2.44. The van der Waals surface area contributed by atoms with E-state index < -0.39 is 58.4 Å². The molecule has 1 fully saturated rings. The van der Waals surface area contributed by atoms with Crippen LogP contribution in [0.15, 0.2) is 0 Å². The van der Waals surface area contributed by atoms with Crippen molar-refractivity contribution in [2.24, 2.45) is 5.73 Å². The lowest BCUT2D eigenvalue weighted by Crippen LogP contribution is -2.86. The highest BCUT2D eigenvalue weighted by atomic mass is 16.7. The molecular weight excluding hydrogens is 326 g/mol. The first-order valence-corrected chi connectivity index (χ1v) is 7.01. The number of nitrogens with two attached hydrogens (primary N) is 1. The van der Waals surface area contributed by atoms with E-state index in [1.54, 1.807) is 0 Å². The summed E-state index contributed by atoms with van der Waals surface area (Å²) >= 11 is 0. The quantitative estimate of drug-likeness (QED) is 0.335. The standard InChI is InChI=1S/C14H21NO9/c1-5(16)9(20)10-12(21,6(2)17)13(22,7(3)18)11(15)14(23,24-10)8(4)19/h9-11,20-23H,15H2,1-4H3/t9?,10-,11+,12-,13-,14+/m1/s1. The number of carbonyl (C=O) groups excluding carboxylic acids is 4. The van der Waals surface area contributed by atoms with E-state index in [4.69, 9.17) is 10.5 Å². The Balaban J connectivity index is 3.81. The van der Waals surface area contributed by atoms with Crippen LogP contribution in [0.25, 0.3) is 0 Å². The molecule has 24 heavy (non-hydrogen) atoms. The van der Waals surface area contributed by atoms with E-state index in [9.17, 15) is 39.6 Å². The minimum atomic E-state index is -3.20. The van der Waals surface area contributed by atoms with Crippen LogP contribution in [-0.4, -0.2) is 78.8 Å². The molecule has 0 aliphatic carbocycles.